The van der Waals surface area contributed by atoms with E-state index in [-0.39, 0.29) is 23.7 Å². The number of esters is 1. The smallest absolute Gasteiger partial charge is 0.342 e. The Kier molecular flexibility index (Phi) is 3.87. The molecule has 20 heavy (non-hydrogen) atoms. The zero-order chi connectivity index (χ0) is 14.5. The third kappa shape index (κ3) is 3.06. The summed E-state index contributed by atoms with van der Waals surface area (Å²) < 4.78 is 5.03. The zero-order valence-electron chi connectivity index (χ0n) is 10.4. The van der Waals surface area contributed by atoms with Gasteiger partial charge in [-0.15, -0.1) is 0 Å². The second-order valence-corrected chi connectivity index (χ2v) is 4.09. The Bertz CT molecular complexity index is 671. The van der Waals surface area contributed by atoms with Crippen molar-refractivity contribution in [2.45, 2.75) is 6.61 Å². The molecule has 0 aliphatic heterocycles. The van der Waals surface area contributed by atoms with Gasteiger partial charge in [-0.1, -0.05) is 12.1 Å². The van der Waals surface area contributed by atoms with Crippen molar-refractivity contribution in [3.05, 3.63) is 59.2 Å². The highest BCUT2D eigenvalue weighted by Crippen LogP contribution is 2.23. The van der Waals surface area contributed by atoms with Crippen LogP contribution in [0.5, 0.6) is 11.5 Å². The number of nitriles is 1. The van der Waals surface area contributed by atoms with Crippen molar-refractivity contribution in [3.63, 3.8) is 0 Å². The van der Waals surface area contributed by atoms with E-state index in [1.165, 1.54) is 12.1 Å². The third-order valence-electron chi connectivity index (χ3n) is 2.65. The summed E-state index contributed by atoms with van der Waals surface area (Å²) in [7, 11) is 0. The Morgan fingerprint density at radius 3 is 2.50 bits per heavy atom. The summed E-state index contributed by atoms with van der Waals surface area (Å²) in [6.07, 6.45) is 0. The van der Waals surface area contributed by atoms with Crippen molar-refractivity contribution in [2.24, 2.45) is 0 Å². The molecule has 0 aliphatic rings. The number of carbonyl (C=O) groups excluding carboxylic acids is 1. The predicted molar refractivity (Wildman–Crippen MR) is 70.0 cm³/mol. The maximum absolute atomic E-state index is 11.8. The van der Waals surface area contributed by atoms with E-state index in [0.29, 0.717) is 5.56 Å². The van der Waals surface area contributed by atoms with Crippen molar-refractivity contribution in [1.29, 1.82) is 5.26 Å². The van der Waals surface area contributed by atoms with Gasteiger partial charge in [0, 0.05) is 0 Å². The third-order valence-corrected chi connectivity index (χ3v) is 2.65. The predicted octanol–water partition coefficient (Wildman–Crippen LogP) is 2.33. The number of ether oxygens (including phenoxy) is 1. The van der Waals surface area contributed by atoms with Gasteiger partial charge in [0.25, 0.3) is 0 Å². The molecule has 5 heteroatoms. The lowest BCUT2D eigenvalue weighted by Crippen LogP contribution is -2.05. The molecule has 0 saturated heterocycles. The van der Waals surface area contributed by atoms with Crippen LogP contribution in [0.3, 0.4) is 0 Å². The van der Waals surface area contributed by atoms with Crippen LogP contribution in [0, 0.1) is 11.3 Å². The highest BCUT2D eigenvalue weighted by atomic mass is 16.5. The maximum Gasteiger partial charge on any atom is 0.342 e. The van der Waals surface area contributed by atoms with E-state index in [9.17, 15) is 15.0 Å². The Labute approximate surface area is 115 Å². The average molecular weight is 269 g/mol. The molecule has 0 aliphatic carbocycles. The van der Waals surface area contributed by atoms with Gasteiger partial charge in [-0.25, -0.2) is 4.79 Å². The van der Waals surface area contributed by atoms with Crippen LogP contribution in [-0.4, -0.2) is 16.2 Å². The Balaban J connectivity index is 2.04. The normalized spacial score (nSPS) is 9.75. The van der Waals surface area contributed by atoms with Crippen LogP contribution in [0.1, 0.15) is 21.5 Å². The van der Waals surface area contributed by atoms with Crippen molar-refractivity contribution in [2.75, 3.05) is 0 Å². The minimum Gasteiger partial charge on any atom is -0.508 e. The van der Waals surface area contributed by atoms with E-state index >= 15 is 0 Å². The second kappa shape index (κ2) is 5.76. The highest BCUT2D eigenvalue weighted by molar-refractivity contribution is 5.92. The average Bonchev–Trinajstić information content (AvgIpc) is 2.47. The quantitative estimate of drug-likeness (QED) is 0.659. The molecule has 0 saturated carbocycles. The summed E-state index contributed by atoms with van der Waals surface area (Å²) in [5.74, 6) is -1.12. The first kappa shape index (κ1) is 13.4. The van der Waals surface area contributed by atoms with E-state index in [4.69, 9.17) is 10.00 Å². The largest absolute Gasteiger partial charge is 0.508 e. The number of hydrogen-bond donors (Lipinski definition) is 2. The Morgan fingerprint density at radius 1 is 1.15 bits per heavy atom. The van der Waals surface area contributed by atoms with Crippen LogP contribution in [0.4, 0.5) is 0 Å². The molecule has 0 heterocycles. The molecule has 2 rings (SSSR count). The molecule has 0 atom stereocenters. The first-order valence-corrected chi connectivity index (χ1v) is 5.78. The number of carbonyl (C=O) groups is 1. The maximum atomic E-state index is 11.8. The van der Waals surface area contributed by atoms with E-state index in [1.54, 1.807) is 24.3 Å². The lowest BCUT2D eigenvalue weighted by molar-refractivity contribution is 0.0469. The van der Waals surface area contributed by atoms with Crippen LogP contribution in [0.2, 0.25) is 0 Å². The zero-order valence-corrected chi connectivity index (χ0v) is 10.4. The van der Waals surface area contributed by atoms with E-state index in [0.717, 1.165) is 11.6 Å². The Hall–Kier alpha value is -3.00. The molecule has 0 amide bonds. The fourth-order valence-corrected chi connectivity index (χ4v) is 1.59. The van der Waals surface area contributed by atoms with Gasteiger partial charge < -0.3 is 14.9 Å². The van der Waals surface area contributed by atoms with E-state index < -0.39 is 5.97 Å². The first-order chi connectivity index (χ1) is 9.60. The summed E-state index contributed by atoms with van der Waals surface area (Å²) in [5.41, 5.74) is 1.14. The minimum atomic E-state index is -0.734. The lowest BCUT2D eigenvalue weighted by atomic mass is 10.1. The summed E-state index contributed by atoms with van der Waals surface area (Å²) in [6.45, 7) is 0.0135. The number of rotatable bonds is 3. The van der Waals surface area contributed by atoms with Crippen molar-refractivity contribution >= 4 is 5.97 Å². The van der Waals surface area contributed by atoms with Crippen LogP contribution in [0.25, 0.3) is 0 Å². The van der Waals surface area contributed by atoms with Gasteiger partial charge in [-0.05, 0) is 35.9 Å². The van der Waals surface area contributed by atoms with Gasteiger partial charge in [-0.3, -0.25) is 0 Å². The molecule has 0 aromatic heterocycles. The summed E-state index contributed by atoms with van der Waals surface area (Å²) in [6, 6.07) is 12.2. The van der Waals surface area contributed by atoms with Gasteiger partial charge in [0.15, 0.2) is 0 Å². The van der Waals surface area contributed by atoms with Crippen LogP contribution >= 0.6 is 0 Å². The molecular weight excluding hydrogens is 258 g/mol. The minimum absolute atomic E-state index is 0.0135. The monoisotopic (exact) mass is 269 g/mol. The topological polar surface area (TPSA) is 90.5 Å². The van der Waals surface area contributed by atoms with Crippen LogP contribution in [0.15, 0.2) is 42.5 Å². The highest BCUT2D eigenvalue weighted by Gasteiger charge is 2.13. The molecule has 2 N–H and O–H groups in total. The van der Waals surface area contributed by atoms with Crippen molar-refractivity contribution in [3.8, 4) is 17.6 Å². The molecule has 5 nitrogen and oxygen atoms in total. The van der Waals surface area contributed by atoms with Gasteiger partial charge >= 0.3 is 5.97 Å². The van der Waals surface area contributed by atoms with Crippen molar-refractivity contribution < 1.29 is 19.7 Å². The van der Waals surface area contributed by atoms with Gasteiger partial charge in [0.05, 0.1) is 11.6 Å². The van der Waals surface area contributed by atoms with Gasteiger partial charge in [-0.2, -0.15) is 5.26 Å². The molecule has 0 fully saturated rings. The molecule has 100 valence electrons. The van der Waals surface area contributed by atoms with E-state index in [2.05, 4.69) is 0 Å². The molecule has 0 radical (unpaired) electrons. The summed E-state index contributed by atoms with van der Waals surface area (Å²) in [4.78, 5) is 11.8. The van der Waals surface area contributed by atoms with Crippen LogP contribution < -0.4 is 0 Å². The fourth-order valence-electron chi connectivity index (χ4n) is 1.59. The second-order valence-electron chi connectivity index (χ2n) is 4.09. The molecule has 0 spiro atoms. The summed E-state index contributed by atoms with van der Waals surface area (Å²) in [5, 5.41) is 27.5. The Morgan fingerprint density at radius 2 is 1.85 bits per heavy atom. The summed E-state index contributed by atoms with van der Waals surface area (Å²) >= 11 is 0. The fraction of sp³-hybridized carbons (Fsp3) is 0.0667. The molecule has 2 aromatic rings. The number of hydrogen-bond acceptors (Lipinski definition) is 5. The number of aromatic hydroxyl groups is 2. The van der Waals surface area contributed by atoms with Gasteiger partial charge in [0.1, 0.15) is 23.7 Å². The molecule has 2 aromatic carbocycles. The number of benzene rings is 2. The lowest BCUT2D eigenvalue weighted by Gasteiger charge is -2.07. The first-order valence-electron chi connectivity index (χ1n) is 5.78. The van der Waals surface area contributed by atoms with Crippen molar-refractivity contribution in [1.82, 2.24) is 0 Å². The van der Waals surface area contributed by atoms with E-state index in [1.807, 2.05) is 6.07 Å². The number of phenols is 2. The van der Waals surface area contributed by atoms with Gasteiger partial charge in [0.2, 0.25) is 0 Å². The number of phenolic OH excluding ortho intramolecular Hbond substituents is 2. The molecule has 0 unspecified atom stereocenters. The molecule has 0 bridgehead atoms. The van der Waals surface area contributed by atoms with Crippen LogP contribution in [-0.2, 0) is 11.3 Å². The SMILES string of the molecule is N#Cc1ccc(COC(=O)c2cc(O)ccc2O)cc1. The number of nitrogens with zero attached hydrogens (tertiary/aromatic N) is 1. The standard InChI is InChI=1S/C15H11NO4/c16-8-10-1-3-11(4-2-10)9-20-15(19)13-7-12(17)5-6-14(13)18/h1-7,17-18H,9H2. The molecular formula is C15H11NO4.